The van der Waals surface area contributed by atoms with Crippen molar-refractivity contribution in [3.05, 3.63) is 28.2 Å². The lowest BCUT2D eigenvalue weighted by Gasteiger charge is -2.09. The second-order valence-corrected chi connectivity index (χ2v) is 4.80. The van der Waals surface area contributed by atoms with Crippen LogP contribution in [0, 0.1) is 0 Å². The highest BCUT2D eigenvalue weighted by atomic mass is 79.9. The highest BCUT2D eigenvalue weighted by Gasteiger charge is 2.08. The zero-order chi connectivity index (χ0) is 11.3. The van der Waals surface area contributed by atoms with Crippen molar-refractivity contribution in [3.63, 3.8) is 0 Å². The smallest absolute Gasteiger partial charge is 0.163 e. The van der Waals surface area contributed by atoms with Gasteiger partial charge in [0.2, 0.25) is 0 Å². The highest BCUT2D eigenvalue weighted by molar-refractivity contribution is 9.10. The van der Waals surface area contributed by atoms with Crippen molar-refractivity contribution in [2.24, 2.45) is 0 Å². The van der Waals surface area contributed by atoms with Crippen molar-refractivity contribution < 1.29 is 9.53 Å². The van der Waals surface area contributed by atoms with Crippen molar-refractivity contribution in [3.8, 4) is 5.75 Å². The van der Waals surface area contributed by atoms with E-state index in [1.807, 2.05) is 12.1 Å². The molecule has 1 aromatic rings. The van der Waals surface area contributed by atoms with Gasteiger partial charge in [0, 0.05) is 9.80 Å². The average Bonchev–Trinajstić information content (AvgIpc) is 2.20. The summed E-state index contributed by atoms with van der Waals surface area (Å²) in [7, 11) is 0. The van der Waals surface area contributed by atoms with Gasteiger partial charge in [0.25, 0.3) is 0 Å². The number of hydrogen-bond donors (Lipinski definition) is 0. The average molecular weight is 336 g/mol. The maximum Gasteiger partial charge on any atom is 0.163 e. The maximum atomic E-state index is 11.3. The molecule has 0 bridgehead atoms. The lowest BCUT2D eigenvalue weighted by atomic mass is 10.1. The zero-order valence-electron chi connectivity index (χ0n) is 8.43. The topological polar surface area (TPSA) is 26.3 Å². The fourth-order valence-corrected chi connectivity index (χ4v) is 1.73. The first kappa shape index (κ1) is 12.7. The first-order valence-corrected chi connectivity index (χ1v) is 6.56. The molecule has 0 unspecified atom stereocenters. The number of alkyl halides is 1. The SMILES string of the molecule is CC(=O)c1cc(Br)ccc1OCCCBr. The minimum absolute atomic E-state index is 0.0187. The third-order valence-electron chi connectivity index (χ3n) is 1.86. The fourth-order valence-electron chi connectivity index (χ4n) is 1.14. The molecule has 0 fully saturated rings. The summed E-state index contributed by atoms with van der Waals surface area (Å²) in [6.07, 6.45) is 0.924. The summed E-state index contributed by atoms with van der Waals surface area (Å²) in [5.74, 6) is 0.678. The summed E-state index contributed by atoms with van der Waals surface area (Å²) in [5, 5.41) is 0.902. The van der Waals surface area contributed by atoms with Crippen molar-refractivity contribution in [2.45, 2.75) is 13.3 Å². The molecular weight excluding hydrogens is 324 g/mol. The molecule has 0 N–H and O–H groups in total. The number of Topliss-reactive ketones (excluding diaryl/α,β-unsaturated/α-hetero) is 1. The van der Waals surface area contributed by atoms with Gasteiger partial charge in [-0.3, -0.25) is 4.79 Å². The molecule has 2 nitrogen and oxygen atoms in total. The third-order valence-corrected chi connectivity index (χ3v) is 2.91. The van der Waals surface area contributed by atoms with Crippen LogP contribution in [-0.4, -0.2) is 17.7 Å². The lowest BCUT2D eigenvalue weighted by molar-refractivity contribution is 0.101. The minimum Gasteiger partial charge on any atom is -0.493 e. The lowest BCUT2D eigenvalue weighted by Crippen LogP contribution is -2.03. The van der Waals surface area contributed by atoms with Crippen LogP contribution in [0.4, 0.5) is 0 Å². The Kier molecular flexibility index (Phi) is 5.32. The molecule has 0 aliphatic rings. The Labute approximate surface area is 106 Å². The molecule has 1 rings (SSSR count). The Balaban J connectivity index is 2.81. The van der Waals surface area contributed by atoms with E-state index < -0.39 is 0 Å². The van der Waals surface area contributed by atoms with Crippen molar-refractivity contribution in [1.29, 1.82) is 0 Å². The summed E-state index contributed by atoms with van der Waals surface area (Å²) in [6.45, 7) is 2.16. The number of halogens is 2. The standard InChI is InChI=1S/C11H12Br2O2/c1-8(14)10-7-9(13)3-4-11(10)15-6-2-5-12/h3-4,7H,2,5-6H2,1H3. The second kappa shape index (κ2) is 6.28. The van der Waals surface area contributed by atoms with E-state index in [1.165, 1.54) is 0 Å². The highest BCUT2D eigenvalue weighted by Crippen LogP contribution is 2.23. The van der Waals surface area contributed by atoms with E-state index in [4.69, 9.17) is 4.74 Å². The molecule has 82 valence electrons. The maximum absolute atomic E-state index is 11.3. The fraction of sp³-hybridized carbons (Fsp3) is 0.364. The van der Waals surface area contributed by atoms with Crippen molar-refractivity contribution >= 4 is 37.6 Å². The summed E-state index contributed by atoms with van der Waals surface area (Å²) >= 11 is 6.66. The predicted octanol–water partition coefficient (Wildman–Crippen LogP) is 3.82. The van der Waals surface area contributed by atoms with Crippen molar-refractivity contribution in [1.82, 2.24) is 0 Å². The first-order chi connectivity index (χ1) is 7.15. The van der Waals surface area contributed by atoms with Gasteiger partial charge in [-0.2, -0.15) is 0 Å². The van der Waals surface area contributed by atoms with E-state index in [9.17, 15) is 4.79 Å². The molecule has 0 aliphatic heterocycles. The van der Waals surface area contributed by atoms with Gasteiger partial charge in [0.15, 0.2) is 5.78 Å². The molecule has 0 saturated heterocycles. The Morgan fingerprint density at radius 2 is 2.20 bits per heavy atom. The molecule has 0 radical (unpaired) electrons. The minimum atomic E-state index is 0.0187. The molecular formula is C11H12Br2O2. The monoisotopic (exact) mass is 334 g/mol. The van der Waals surface area contributed by atoms with Crippen LogP contribution < -0.4 is 4.74 Å². The van der Waals surface area contributed by atoms with E-state index >= 15 is 0 Å². The van der Waals surface area contributed by atoms with E-state index in [0.717, 1.165) is 16.2 Å². The number of rotatable bonds is 5. The van der Waals surface area contributed by atoms with Crippen LogP contribution in [0.1, 0.15) is 23.7 Å². The predicted molar refractivity (Wildman–Crippen MR) is 68.1 cm³/mol. The van der Waals surface area contributed by atoms with E-state index in [0.29, 0.717) is 17.9 Å². The summed E-state index contributed by atoms with van der Waals surface area (Å²) < 4.78 is 6.41. The number of ether oxygens (including phenoxy) is 1. The largest absolute Gasteiger partial charge is 0.493 e. The Morgan fingerprint density at radius 3 is 2.80 bits per heavy atom. The molecule has 0 atom stereocenters. The Bertz CT molecular complexity index is 350. The van der Waals surface area contributed by atoms with Gasteiger partial charge in [0.05, 0.1) is 12.2 Å². The second-order valence-electron chi connectivity index (χ2n) is 3.09. The molecule has 0 amide bonds. The zero-order valence-corrected chi connectivity index (χ0v) is 11.6. The molecule has 0 heterocycles. The van der Waals surface area contributed by atoms with Gasteiger partial charge in [-0.05, 0) is 31.5 Å². The number of carbonyl (C=O) groups is 1. The number of carbonyl (C=O) groups excluding carboxylic acids is 1. The molecule has 0 aliphatic carbocycles. The van der Waals surface area contributed by atoms with E-state index in [2.05, 4.69) is 31.9 Å². The van der Waals surface area contributed by atoms with Crippen LogP contribution in [0.5, 0.6) is 5.75 Å². The summed E-state index contributed by atoms with van der Waals surface area (Å²) in [6, 6.07) is 5.47. The normalized spacial score (nSPS) is 10.1. The van der Waals surface area contributed by atoms with Crippen LogP contribution in [0.3, 0.4) is 0 Å². The van der Waals surface area contributed by atoms with Gasteiger partial charge < -0.3 is 4.74 Å². The van der Waals surface area contributed by atoms with Gasteiger partial charge in [-0.25, -0.2) is 0 Å². The van der Waals surface area contributed by atoms with Gasteiger partial charge >= 0.3 is 0 Å². The van der Waals surface area contributed by atoms with Crippen LogP contribution in [0.2, 0.25) is 0 Å². The van der Waals surface area contributed by atoms with Crippen LogP contribution in [0.15, 0.2) is 22.7 Å². The van der Waals surface area contributed by atoms with Gasteiger partial charge in [-0.15, -0.1) is 0 Å². The van der Waals surface area contributed by atoms with Crippen molar-refractivity contribution in [2.75, 3.05) is 11.9 Å². The Morgan fingerprint density at radius 1 is 1.47 bits per heavy atom. The molecule has 0 aromatic heterocycles. The number of ketones is 1. The third kappa shape index (κ3) is 3.95. The Hall–Kier alpha value is -0.350. The first-order valence-electron chi connectivity index (χ1n) is 4.64. The molecule has 1 aromatic carbocycles. The van der Waals surface area contributed by atoms with Gasteiger partial charge in [0.1, 0.15) is 5.75 Å². The summed E-state index contributed by atoms with van der Waals surface area (Å²) in [5.41, 5.74) is 0.624. The molecule has 0 spiro atoms. The van der Waals surface area contributed by atoms with Gasteiger partial charge in [-0.1, -0.05) is 31.9 Å². The number of benzene rings is 1. The van der Waals surface area contributed by atoms with Crippen LogP contribution in [0.25, 0.3) is 0 Å². The molecule has 0 saturated carbocycles. The van der Waals surface area contributed by atoms with E-state index in [1.54, 1.807) is 13.0 Å². The summed E-state index contributed by atoms with van der Waals surface area (Å²) in [4.78, 5) is 11.3. The quantitative estimate of drug-likeness (QED) is 0.464. The van der Waals surface area contributed by atoms with E-state index in [-0.39, 0.29) is 5.78 Å². The molecule has 15 heavy (non-hydrogen) atoms. The van der Waals surface area contributed by atoms with Crippen LogP contribution >= 0.6 is 31.9 Å². The number of hydrogen-bond acceptors (Lipinski definition) is 2. The van der Waals surface area contributed by atoms with Crippen LogP contribution in [-0.2, 0) is 0 Å². The molecule has 4 heteroatoms.